The summed E-state index contributed by atoms with van der Waals surface area (Å²) in [5.74, 6) is -3.79. The first kappa shape index (κ1) is 20.2. The Morgan fingerprint density at radius 2 is 2.04 bits per heavy atom. The Labute approximate surface area is 164 Å². The van der Waals surface area contributed by atoms with Crippen LogP contribution in [0.3, 0.4) is 0 Å². The molecule has 1 aliphatic heterocycles. The number of rotatable bonds is 4. The quantitative estimate of drug-likeness (QED) is 0.685. The van der Waals surface area contributed by atoms with Crippen LogP contribution in [0.25, 0.3) is 0 Å². The maximum atomic E-state index is 15.0. The zero-order chi connectivity index (χ0) is 20.5. The summed E-state index contributed by atoms with van der Waals surface area (Å²) < 4.78 is 62.6. The van der Waals surface area contributed by atoms with Crippen molar-refractivity contribution in [1.82, 2.24) is 4.98 Å². The maximum Gasteiger partial charge on any atom is 0.274 e. The molecular formula is C17H13BrF4N4O2. The highest BCUT2D eigenvalue weighted by Crippen LogP contribution is 2.40. The van der Waals surface area contributed by atoms with Gasteiger partial charge in [0.05, 0.1) is 17.9 Å². The second kappa shape index (κ2) is 7.84. The van der Waals surface area contributed by atoms with Crippen molar-refractivity contribution in [3.8, 4) is 0 Å². The van der Waals surface area contributed by atoms with Gasteiger partial charge in [0.25, 0.3) is 12.3 Å². The largest absolute Gasteiger partial charge is 0.385 e. The number of benzene rings is 1. The molecular weight excluding hydrogens is 448 g/mol. The van der Waals surface area contributed by atoms with Gasteiger partial charge in [-0.15, -0.1) is 0 Å². The van der Waals surface area contributed by atoms with Crippen molar-refractivity contribution in [2.24, 2.45) is 10.7 Å². The lowest BCUT2D eigenvalue weighted by Crippen LogP contribution is -2.46. The van der Waals surface area contributed by atoms with E-state index in [1.54, 1.807) is 0 Å². The van der Waals surface area contributed by atoms with Gasteiger partial charge in [0.2, 0.25) is 0 Å². The van der Waals surface area contributed by atoms with Gasteiger partial charge >= 0.3 is 0 Å². The molecule has 28 heavy (non-hydrogen) atoms. The number of nitrogens with zero attached hydrogens (tertiary/aromatic N) is 2. The molecule has 0 saturated carbocycles. The van der Waals surface area contributed by atoms with Crippen molar-refractivity contribution in [2.45, 2.75) is 12.0 Å². The Morgan fingerprint density at radius 3 is 2.64 bits per heavy atom. The molecule has 0 spiro atoms. The number of hydrogen-bond acceptors (Lipinski definition) is 5. The van der Waals surface area contributed by atoms with E-state index in [1.165, 1.54) is 18.3 Å². The summed E-state index contributed by atoms with van der Waals surface area (Å²) in [6.45, 7) is -1.01. The first-order chi connectivity index (χ1) is 13.2. The summed E-state index contributed by atoms with van der Waals surface area (Å²) in [5.41, 5.74) is 1.20. The number of nitrogens with one attached hydrogen (secondary N) is 1. The van der Waals surface area contributed by atoms with Gasteiger partial charge < -0.3 is 15.8 Å². The fourth-order valence-electron chi connectivity index (χ4n) is 2.72. The standard InChI is InChI=1S/C17H13BrF4N4O2/c18-8-1-3-11(24-5-8)15(27)25-10-4-2-9(19)13(14(10)20)17(16(21)22)7-28-6-12(23)26-17/h1-5,16H,6-7H2,(H2,23,26)(H,25,27). The molecule has 3 rings (SSSR count). The van der Waals surface area contributed by atoms with E-state index in [2.05, 4.69) is 31.2 Å². The summed E-state index contributed by atoms with van der Waals surface area (Å²) in [6, 6.07) is 4.58. The summed E-state index contributed by atoms with van der Waals surface area (Å²) in [4.78, 5) is 19.7. The number of amidine groups is 1. The van der Waals surface area contributed by atoms with Gasteiger partial charge in [0.1, 0.15) is 24.0 Å². The highest BCUT2D eigenvalue weighted by atomic mass is 79.9. The van der Waals surface area contributed by atoms with Crippen LogP contribution < -0.4 is 11.1 Å². The van der Waals surface area contributed by atoms with Crippen LogP contribution in [0.2, 0.25) is 0 Å². The number of anilines is 1. The lowest BCUT2D eigenvalue weighted by molar-refractivity contribution is -0.0163. The highest BCUT2D eigenvalue weighted by molar-refractivity contribution is 9.10. The Kier molecular flexibility index (Phi) is 5.66. The molecule has 1 amide bonds. The molecule has 2 aromatic rings. The lowest BCUT2D eigenvalue weighted by Gasteiger charge is -2.33. The van der Waals surface area contributed by atoms with Crippen molar-refractivity contribution in [3.05, 3.63) is 57.8 Å². The van der Waals surface area contributed by atoms with E-state index in [4.69, 9.17) is 10.5 Å². The number of carbonyl (C=O) groups excluding carboxylic acids is 1. The van der Waals surface area contributed by atoms with Crippen LogP contribution in [0.4, 0.5) is 23.2 Å². The Hall–Kier alpha value is -2.53. The van der Waals surface area contributed by atoms with Crippen LogP contribution in [0.15, 0.2) is 39.9 Å². The van der Waals surface area contributed by atoms with Gasteiger partial charge in [-0.1, -0.05) is 0 Å². The topological polar surface area (TPSA) is 89.6 Å². The number of hydrogen-bond donors (Lipinski definition) is 2. The van der Waals surface area contributed by atoms with E-state index >= 15 is 4.39 Å². The van der Waals surface area contributed by atoms with Crippen molar-refractivity contribution in [1.29, 1.82) is 0 Å². The molecule has 1 aromatic heterocycles. The zero-order valence-corrected chi connectivity index (χ0v) is 15.6. The van der Waals surface area contributed by atoms with Crippen molar-refractivity contribution < 1.29 is 27.1 Å². The molecule has 0 aliphatic carbocycles. The third-order valence-electron chi connectivity index (χ3n) is 4.01. The normalized spacial score (nSPS) is 19.4. The van der Waals surface area contributed by atoms with E-state index in [9.17, 15) is 18.0 Å². The third-order valence-corrected chi connectivity index (χ3v) is 4.48. The molecule has 1 unspecified atom stereocenters. The Morgan fingerprint density at radius 1 is 1.29 bits per heavy atom. The predicted molar refractivity (Wildman–Crippen MR) is 96.4 cm³/mol. The van der Waals surface area contributed by atoms with Gasteiger partial charge in [0.15, 0.2) is 11.4 Å². The summed E-state index contributed by atoms with van der Waals surface area (Å²) >= 11 is 3.16. The number of aromatic nitrogens is 1. The molecule has 3 N–H and O–H groups in total. The summed E-state index contributed by atoms with van der Waals surface area (Å²) in [5, 5.41) is 2.20. The number of nitrogens with two attached hydrogens (primary N) is 1. The molecule has 1 atom stereocenters. The van der Waals surface area contributed by atoms with Crippen LogP contribution >= 0.6 is 15.9 Å². The summed E-state index contributed by atoms with van der Waals surface area (Å²) in [7, 11) is 0. The number of carbonyl (C=O) groups is 1. The van der Waals surface area contributed by atoms with Crippen molar-refractivity contribution >= 4 is 33.4 Å². The Balaban J connectivity index is 2.03. The molecule has 0 radical (unpaired) electrons. The van der Waals surface area contributed by atoms with Crippen LogP contribution in [0.1, 0.15) is 16.1 Å². The fourth-order valence-corrected chi connectivity index (χ4v) is 2.96. The van der Waals surface area contributed by atoms with Crippen LogP contribution in [-0.4, -0.2) is 36.4 Å². The number of halogens is 5. The van der Waals surface area contributed by atoms with Gasteiger partial charge in [-0.2, -0.15) is 0 Å². The SMILES string of the molecule is NC1=NC(c2c(F)ccc(NC(=O)c3ccc(Br)cn3)c2F)(C(F)F)COC1. The minimum Gasteiger partial charge on any atom is -0.385 e. The third kappa shape index (κ3) is 3.72. The molecule has 1 aliphatic rings. The van der Waals surface area contributed by atoms with Crippen molar-refractivity contribution in [2.75, 3.05) is 18.5 Å². The highest BCUT2D eigenvalue weighted by Gasteiger charge is 2.48. The molecule has 2 heterocycles. The first-order valence-electron chi connectivity index (χ1n) is 7.86. The van der Waals surface area contributed by atoms with E-state index in [0.29, 0.717) is 4.47 Å². The molecule has 0 fully saturated rings. The van der Waals surface area contributed by atoms with E-state index in [-0.39, 0.29) is 18.1 Å². The average molecular weight is 461 g/mol. The minimum absolute atomic E-state index is 0.0553. The number of pyridine rings is 1. The average Bonchev–Trinajstić information content (AvgIpc) is 2.64. The van der Waals surface area contributed by atoms with E-state index in [0.717, 1.165) is 12.1 Å². The van der Waals surface area contributed by atoms with Crippen LogP contribution in [0.5, 0.6) is 0 Å². The van der Waals surface area contributed by atoms with E-state index in [1.807, 2.05) is 0 Å². The van der Waals surface area contributed by atoms with Crippen LogP contribution in [0, 0.1) is 11.6 Å². The first-order valence-corrected chi connectivity index (χ1v) is 8.65. The minimum atomic E-state index is -3.31. The number of amides is 1. The number of ether oxygens (including phenoxy) is 1. The molecule has 1 aromatic carbocycles. The van der Waals surface area contributed by atoms with Gasteiger partial charge in [-0.05, 0) is 40.2 Å². The molecule has 0 bridgehead atoms. The summed E-state index contributed by atoms with van der Waals surface area (Å²) in [6.07, 6.45) is -1.96. The molecule has 148 valence electrons. The maximum absolute atomic E-state index is 15.0. The van der Waals surface area contributed by atoms with E-state index < -0.39 is 47.4 Å². The molecule has 6 nitrogen and oxygen atoms in total. The second-order valence-corrected chi connectivity index (χ2v) is 6.84. The lowest BCUT2D eigenvalue weighted by atomic mass is 9.89. The molecule has 11 heteroatoms. The smallest absolute Gasteiger partial charge is 0.274 e. The monoisotopic (exact) mass is 460 g/mol. The number of aliphatic imine (C=N–C) groups is 1. The number of alkyl halides is 2. The van der Waals surface area contributed by atoms with Crippen LogP contribution in [-0.2, 0) is 10.3 Å². The van der Waals surface area contributed by atoms with Gasteiger partial charge in [0, 0.05) is 10.7 Å². The van der Waals surface area contributed by atoms with Gasteiger partial charge in [-0.3, -0.25) is 9.79 Å². The Bertz CT molecular complexity index is 939. The predicted octanol–water partition coefficient (Wildman–Crippen LogP) is 3.22. The molecule has 0 saturated heterocycles. The zero-order valence-electron chi connectivity index (χ0n) is 14.1. The van der Waals surface area contributed by atoms with Crippen molar-refractivity contribution in [3.63, 3.8) is 0 Å². The fraction of sp³-hybridized carbons (Fsp3) is 0.235. The van der Waals surface area contributed by atoms with Gasteiger partial charge in [-0.25, -0.2) is 22.5 Å². The second-order valence-electron chi connectivity index (χ2n) is 5.92.